The molecule has 0 saturated carbocycles. The van der Waals surface area contributed by atoms with E-state index in [4.69, 9.17) is 5.73 Å². The second kappa shape index (κ2) is 3.47. The third-order valence-electron chi connectivity index (χ3n) is 3.30. The summed E-state index contributed by atoms with van der Waals surface area (Å²) in [7, 11) is 0. The number of nitrogens with one attached hydrogen (secondary N) is 1. The zero-order valence-electron chi connectivity index (χ0n) is 8.69. The molecule has 0 atom stereocenters. The Balaban J connectivity index is 1.85. The van der Waals surface area contributed by atoms with Crippen LogP contribution in [-0.2, 0) is 0 Å². The fourth-order valence-electron chi connectivity index (χ4n) is 2.22. The van der Waals surface area contributed by atoms with Gasteiger partial charge in [0.15, 0.2) is 0 Å². The molecule has 2 saturated heterocycles. The third kappa shape index (κ3) is 1.50. The SMILES string of the molecule is NC1CN(c2ccncc2C2CNC2)C1. The summed E-state index contributed by atoms with van der Waals surface area (Å²) in [6.07, 6.45) is 3.87. The van der Waals surface area contributed by atoms with Crippen molar-refractivity contribution in [3.05, 3.63) is 24.0 Å². The molecule has 3 heterocycles. The van der Waals surface area contributed by atoms with Gasteiger partial charge in [0, 0.05) is 56.2 Å². The van der Waals surface area contributed by atoms with Crippen LogP contribution >= 0.6 is 0 Å². The van der Waals surface area contributed by atoms with Gasteiger partial charge in [0.25, 0.3) is 0 Å². The van der Waals surface area contributed by atoms with Crippen molar-refractivity contribution in [2.24, 2.45) is 5.73 Å². The van der Waals surface area contributed by atoms with E-state index < -0.39 is 0 Å². The zero-order valence-corrected chi connectivity index (χ0v) is 8.69. The van der Waals surface area contributed by atoms with Gasteiger partial charge < -0.3 is 16.0 Å². The highest BCUT2D eigenvalue weighted by Gasteiger charge is 2.29. The monoisotopic (exact) mass is 204 g/mol. The van der Waals surface area contributed by atoms with Crippen LogP contribution in [0.15, 0.2) is 18.5 Å². The van der Waals surface area contributed by atoms with E-state index in [-0.39, 0.29) is 0 Å². The van der Waals surface area contributed by atoms with Gasteiger partial charge in [-0.2, -0.15) is 0 Å². The summed E-state index contributed by atoms with van der Waals surface area (Å²) in [6.45, 7) is 4.13. The third-order valence-corrected chi connectivity index (χ3v) is 3.30. The van der Waals surface area contributed by atoms with Crippen molar-refractivity contribution in [2.45, 2.75) is 12.0 Å². The molecule has 4 nitrogen and oxygen atoms in total. The minimum Gasteiger partial charge on any atom is -0.368 e. The molecule has 0 amide bonds. The van der Waals surface area contributed by atoms with Crippen LogP contribution in [0.3, 0.4) is 0 Å². The average Bonchev–Trinajstić information content (AvgIpc) is 2.12. The van der Waals surface area contributed by atoms with Crippen molar-refractivity contribution in [3.63, 3.8) is 0 Å². The average molecular weight is 204 g/mol. The summed E-state index contributed by atoms with van der Waals surface area (Å²) >= 11 is 0. The van der Waals surface area contributed by atoms with E-state index in [0.717, 1.165) is 26.2 Å². The molecule has 15 heavy (non-hydrogen) atoms. The Labute approximate surface area is 89.5 Å². The highest BCUT2D eigenvalue weighted by molar-refractivity contribution is 5.56. The topological polar surface area (TPSA) is 54.2 Å². The van der Waals surface area contributed by atoms with E-state index in [1.54, 1.807) is 0 Å². The molecule has 0 spiro atoms. The molecule has 0 radical (unpaired) electrons. The van der Waals surface area contributed by atoms with E-state index >= 15 is 0 Å². The number of nitrogens with zero attached hydrogens (tertiary/aromatic N) is 2. The molecule has 1 aromatic rings. The minimum atomic E-state index is 0.352. The lowest BCUT2D eigenvalue weighted by Crippen LogP contribution is -2.56. The highest BCUT2D eigenvalue weighted by atomic mass is 15.2. The molecule has 80 valence electrons. The van der Waals surface area contributed by atoms with Crippen molar-refractivity contribution >= 4 is 5.69 Å². The first kappa shape index (κ1) is 9.12. The predicted octanol–water partition coefficient (Wildman–Crippen LogP) is -0.0843. The standard InChI is InChI=1S/C11H16N4/c12-9-6-15(7-9)11-1-2-13-5-10(11)8-3-14-4-8/h1-2,5,8-9,14H,3-4,6-7,12H2. The van der Waals surface area contributed by atoms with Crippen molar-refractivity contribution in [1.82, 2.24) is 10.3 Å². The van der Waals surface area contributed by atoms with Crippen LogP contribution in [0.2, 0.25) is 0 Å². The first-order chi connectivity index (χ1) is 7.34. The highest BCUT2D eigenvalue weighted by Crippen LogP contribution is 2.31. The molecule has 1 aromatic heterocycles. The fraction of sp³-hybridized carbons (Fsp3) is 0.545. The summed E-state index contributed by atoms with van der Waals surface area (Å²) in [6, 6.07) is 2.46. The van der Waals surface area contributed by atoms with Gasteiger partial charge in [0.1, 0.15) is 0 Å². The molecule has 2 fully saturated rings. The number of rotatable bonds is 2. The minimum absolute atomic E-state index is 0.352. The normalized spacial score (nSPS) is 22.3. The van der Waals surface area contributed by atoms with Gasteiger partial charge in [-0.1, -0.05) is 0 Å². The van der Waals surface area contributed by atoms with Crippen LogP contribution in [0.4, 0.5) is 5.69 Å². The first-order valence-corrected chi connectivity index (χ1v) is 5.50. The van der Waals surface area contributed by atoms with E-state index in [1.165, 1.54) is 11.3 Å². The number of pyridine rings is 1. The Morgan fingerprint density at radius 1 is 1.40 bits per heavy atom. The van der Waals surface area contributed by atoms with Gasteiger partial charge in [-0.25, -0.2) is 0 Å². The number of anilines is 1. The molecular formula is C11H16N4. The molecule has 0 aliphatic carbocycles. The molecule has 4 heteroatoms. The van der Waals surface area contributed by atoms with E-state index in [9.17, 15) is 0 Å². The maximum Gasteiger partial charge on any atom is 0.0434 e. The smallest absolute Gasteiger partial charge is 0.0434 e. The Hall–Kier alpha value is -1.13. The largest absolute Gasteiger partial charge is 0.368 e. The summed E-state index contributed by atoms with van der Waals surface area (Å²) in [5, 5.41) is 3.30. The van der Waals surface area contributed by atoms with Crippen LogP contribution in [0.1, 0.15) is 11.5 Å². The number of hydrogen-bond acceptors (Lipinski definition) is 4. The first-order valence-electron chi connectivity index (χ1n) is 5.50. The molecule has 0 unspecified atom stereocenters. The quantitative estimate of drug-likeness (QED) is 0.707. The van der Waals surface area contributed by atoms with Gasteiger partial charge in [-0.3, -0.25) is 4.98 Å². The van der Waals surface area contributed by atoms with Crippen molar-refractivity contribution in [3.8, 4) is 0 Å². The van der Waals surface area contributed by atoms with E-state index in [2.05, 4.69) is 21.3 Å². The number of nitrogens with two attached hydrogens (primary N) is 1. The van der Waals surface area contributed by atoms with Crippen molar-refractivity contribution < 1.29 is 0 Å². The summed E-state index contributed by atoms with van der Waals surface area (Å²) in [5.41, 5.74) is 8.52. The van der Waals surface area contributed by atoms with Crippen molar-refractivity contribution in [2.75, 3.05) is 31.1 Å². The Morgan fingerprint density at radius 3 is 2.80 bits per heavy atom. The van der Waals surface area contributed by atoms with Crippen LogP contribution in [0.25, 0.3) is 0 Å². The Bertz CT molecular complexity index is 355. The van der Waals surface area contributed by atoms with Crippen LogP contribution in [-0.4, -0.2) is 37.2 Å². The van der Waals surface area contributed by atoms with E-state index in [0.29, 0.717) is 12.0 Å². The summed E-state index contributed by atoms with van der Waals surface area (Å²) in [4.78, 5) is 6.57. The van der Waals surface area contributed by atoms with E-state index in [1.807, 2.05) is 12.4 Å². The Kier molecular flexibility index (Phi) is 2.11. The van der Waals surface area contributed by atoms with Gasteiger partial charge in [-0.15, -0.1) is 0 Å². The second-order valence-electron chi connectivity index (χ2n) is 4.45. The zero-order chi connectivity index (χ0) is 10.3. The van der Waals surface area contributed by atoms with Crippen LogP contribution in [0, 0.1) is 0 Å². The predicted molar refractivity (Wildman–Crippen MR) is 60.0 cm³/mol. The molecule has 3 N–H and O–H groups in total. The lowest BCUT2D eigenvalue weighted by atomic mass is 9.92. The summed E-state index contributed by atoms with van der Waals surface area (Å²) < 4.78 is 0. The molecular weight excluding hydrogens is 188 g/mol. The molecule has 2 aliphatic heterocycles. The molecule has 0 bridgehead atoms. The lowest BCUT2D eigenvalue weighted by molar-refractivity contribution is 0.442. The number of aromatic nitrogens is 1. The maximum absolute atomic E-state index is 5.81. The molecule has 3 rings (SSSR count). The van der Waals surface area contributed by atoms with Gasteiger partial charge in [-0.05, 0) is 11.6 Å². The van der Waals surface area contributed by atoms with Gasteiger partial charge in [0.05, 0.1) is 0 Å². The maximum atomic E-state index is 5.81. The fourth-order valence-corrected chi connectivity index (χ4v) is 2.22. The number of hydrogen-bond donors (Lipinski definition) is 2. The van der Waals surface area contributed by atoms with Crippen LogP contribution < -0.4 is 16.0 Å². The second-order valence-corrected chi connectivity index (χ2v) is 4.45. The van der Waals surface area contributed by atoms with Crippen molar-refractivity contribution in [1.29, 1.82) is 0 Å². The Morgan fingerprint density at radius 2 is 2.20 bits per heavy atom. The van der Waals surface area contributed by atoms with Crippen LogP contribution in [0.5, 0.6) is 0 Å². The molecule has 2 aliphatic rings. The molecule has 0 aromatic carbocycles. The van der Waals surface area contributed by atoms with Gasteiger partial charge >= 0.3 is 0 Å². The lowest BCUT2D eigenvalue weighted by Gasteiger charge is -2.41. The van der Waals surface area contributed by atoms with Gasteiger partial charge in [0.2, 0.25) is 0 Å². The summed E-state index contributed by atoms with van der Waals surface area (Å²) in [5.74, 6) is 0.644.